The lowest BCUT2D eigenvalue weighted by Crippen LogP contribution is -2.47. The summed E-state index contributed by atoms with van der Waals surface area (Å²) in [4.78, 5) is 66.4. The molecule has 63 heavy (non-hydrogen) atoms. The van der Waals surface area contributed by atoms with Crippen molar-refractivity contribution in [2.75, 3.05) is 18.4 Å². The Kier molecular flexibility index (Phi) is 11.5. The van der Waals surface area contributed by atoms with E-state index in [1.165, 1.54) is 10.6 Å². The highest BCUT2D eigenvalue weighted by Gasteiger charge is 2.51. The Labute approximate surface area is 361 Å². The molecule has 0 saturated heterocycles. The Hall–Kier alpha value is -7.14. The molecule has 7 N–H and O–H groups in total. The number of aromatic amines is 1. The van der Waals surface area contributed by atoms with E-state index in [1.807, 2.05) is 32.9 Å². The molecule has 8 rings (SSSR count). The van der Waals surface area contributed by atoms with Gasteiger partial charge in [-0.1, -0.05) is 39.8 Å². The van der Waals surface area contributed by atoms with Crippen LogP contribution in [0.25, 0.3) is 22.6 Å². The molecule has 0 fully saturated rings. The molecule has 0 spiro atoms. The first-order valence-corrected chi connectivity index (χ1v) is 21.0. The highest BCUT2D eigenvalue weighted by atomic mass is 16.6. The second kappa shape index (κ2) is 17.0. The minimum Gasteiger partial charge on any atom is -0.508 e. The van der Waals surface area contributed by atoms with Gasteiger partial charge in [-0.2, -0.15) is 5.10 Å². The van der Waals surface area contributed by atoms with Crippen molar-refractivity contribution in [2.24, 2.45) is 0 Å². The van der Waals surface area contributed by atoms with Crippen LogP contribution in [0.15, 0.2) is 75.8 Å². The summed E-state index contributed by atoms with van der Waals surface area (Å²) >= 11 is 0. The first-order chi connectivity index (χ1) is 30.2. The van der Waals surface area contributed by atoms with Gasteiger partial charge in [0, 0.05) is 61.2 Å². The van der Waals surface area contributed by atoms with E-state index in [9.17, 15) is 39.3 Å². The smallest absolute Gasteiger partial charge is 0.355 e. The normalized spacial score (nSPS) is 17.3. The van der Waals surface area contributed by atoms with Crippen LogP contribution in [0.5, 0.6) is 17.2 Å². The van der Waals surface area contributed by atoms with E-state index in [-0.39, 0.29) is 84.1 Å². The average molecular weight is 860 g/mol. The third-order valence-corrected chi connectivity index (χ3v) is 12.1. The number of nitrogens with one attached hydrogen (secondary N) is 4. The van der Waals surface area contributed by atoms with Crippen LogP contribution < -0.4 is 27.2 Å². The quantitative estimate of drug-likeness (QED) is 0.0449. The van der Waals surface area contributed by atoms with E-state index in [0.29, 0.717) is 48.6 Å². The summed E-state index contributed by atoms with van der Waals surface area (Å²) in [6, 6.07) is 16.5. The average Bonchev–Trinajstić information content (AvgIpc) is 3.83. The maximum absolute atomic E-state index is 14.0. The van der Waals surface area contributed by atoms with E-state index in [1.54, 1.807) is 54.0 Å². The summed E-state index contributed by atoms with van der Waals surface area (Å²) in [6.07, 6.45) is 0.165. The van der Waals surface area contributed by atoms with Gasteiger partial charge in [0.15, 0.2) is 5.82 Å². The van der Waals surface area contributed by atoms with E-state index < -0.39 is 29.1 Å². The minimum atomic E-state index is -1.87. The molecule has 0 saturated carbocycles. The highest BCUT2D eigenvalue weighted by Crippen LogP contribution is 2.48. The number of amides is 1. The van der Waals surface area contributed by atoms with Crippen LogP contribution in [-0.4, -0.2) is 65.6 Å². The number of carbonyl (C=O) groups is 3. The molecular weight excluding hydrogens is 811 g/mol. The fourth-order valence-corrected chi connectivity index (χ4v) is 8.79. The maximum atomic E-state index is 14.0. The molecule has 17 nitrogen and oxygen atoms in total. The van der Waals surface area contributed by atoms with Gasteiger partial charge in [0.25, 0.3) is 5.56 Å². The number of fused-ring (bicyclic) bond motifs is 5. The molecule has 0 radical (unpaired) electrons. The summed E-state index contributed by atoms with van der Waals surface area (Å²) in [7, 11) is 0. The molecule has 3 aromatic carbocycles. The second-order valence-corrected chi connectivity index (χ2v) is 16.2. The van der Waals surface area contributed by atoms with Gasteiger partial charge >= 0.3 is 17.6 Å². The van der Waals surface area contributed by atoms with E-state index in [2.05, 4.69) is 26.1 Å². The van der Waals surface area contributed by atoms with Crippen molar-refractivity contribution in [1.82, 2.24) is 30.0 Å². The number of rotatable bonds is 14. The molecule has 2 atom stereocenters. The zero-order chi connectivity index (χ0) is 44.7. The number of pyridine rings is 1. The van der Waals surface area contributed by atoms with Crippen molar-refractivity contribution in [3.05, 3.63) is 121 Å². The first kappa shape index (κ1) is 42.5. The van der Waals surface area contributed by atoms with Crippen molar-refractivity contribution in [2.45, 2.75) is 90.6 Å². The van der Waals surface area contributed by atoms with Crippen molar-refractivity contribution in [3.8, 4) is 34.3 Å². The van der Waals surface area contributed by atoms with Gasteiger partial charge in [-0.15, -0.1) is 0 Å². The number of benzene rings is 3. The van der Waals surface area contributed by atoms with Gasteiger partial charge in [-0.25, -0.2) is 19.3 Å². The molecular formula is C46H49N7O10. The van der Waals surface area contributed by atoms with Crippen LogP contribution in [0.2, 0.25) is 0 Å². The van der Waals surface area contributed by atoms with Crippen LogP contribution >= 0.6 is 0 Å². The number of phenolic OH excluding ortho intramolecular Hbond substituents is 3. The number of H-pyrrole nitrogens is 1. The molecule has 17 heteroatoms. The number of hydrogen-bond donors (Lipinski definition) is 7. The molecule has 0 aliphatic carbocycles. The summed E-state index contributed by atoms with van der Waals surface area (Å²) in [5, 5.41) is 47.2. The fraction of sp³-hybridized carbons (Fsp3) is 0.348. The predicted octanol–water partition coefficient (Wildman–Crippen LogP) is 4.87. The Morgan fingerprint density at radius 2 is 1.75 bits per heavy atom. The monoisotopic (exact) mass is 859 g/mol. The zero-order valence-corrected chi connectivity index (χ0v) is 35.3. The molecule has 5 aromatic rings. The third kappa shape index (κ3) is 7.73. The number of allylic oxidation sites excluding steroid dienone is 1. The molecule has 3 aliphatic rings. The second-order valence-electron chi connectivity index (χ2n) is 16.2. The number of aromatic hydroxyl groups is 3. The molecule has 3 aliphatic heterocycles. The van der Waals surface area contributed by atoms with Crippen LogP contribution in [0.1, 0.15) is 98.8 Å². The summed E-state index contributed by atoms with van der Waals surface area (Å²) in [6.45, 7) is 8.67. The van der Waals surface area contributed by atoms with Crippen molar-refractivity contribution < 1.29 is 39.2 Å². The number of phenols is 3. The number of hydrogen-bond acceptors (Lipinski definition) is 13. The fourth-order valence-electron chi connectivity index (χ4n) is 8.79. The zero-order valence-electron chi connectivity index (χ0n) is 35.3. The lowest BCUT2D eigenvalue weighted by atomic mass is 9.84. The van der Waals surface area contributed by atoms with Crippen LogP contribution in [-0.2, 0) is 49.2 Å². The Balaban J connectivity index is 0.858. The molecule has 0 bridgehead atoms. The highest BCUT2D eigenvalue weighted by molar-refractivity contribution is 5.88. The van der Waals surface area contributed by atoms with Crippen molar-refractivity contribution in [3.63, 3.8) is 0 Å². The van der Waals surface area contributed by atoms with Gasteiger partial charge in [0.1, 0.15) is 23.9 Å². The topological polar surface area (TPSA) is 239 Å². The number of esters is 2. The van der Waals surface area contributed by atoms with E-state index >= 15 is 0 Å². The van der Waals surface area contributed by atoms with Crippen LogP contribution in [0, 0.1) is 0 Å². The maximum Gasteiger partial charge on any atom is 0.355 e. The van der Waals surface area contributed by atoms with Gasteiger partial charge in [-0.05, 0) is 83.5 Å². The summed E-state index contributed by atoms with van der Waals surface area (Å²) in [5.74, 6) is -1.94. The molecule has 1 amide bonds. The van der Waals surface area contributed by atoms with Gasteiger partial charge in [0.05, 0.1) is 29.3 Å². The lowest BCUT2D eigenvalue weighted by Gasteiger charge is -2.36. The van der Waals surface area contributed by atoms with Crippen molar-refractivity contribution in [1.29, 1.82) is 0 Å². The largest absolute Gasteiger partial charge is 0.508 e. The molecule has 2 unspecified atom stereocenters. The van der Waals surface area contributed by atoms with Crippen molar-refractivity contribution >= 4 is 29.1 Å². The molecule has 2 aromatic heterocycles. The summed E-state index contributed by atoms with van der Waals surface area (Å²) < 4.78 is 14.4. The van der Waals surface area contributed by atoms with Crippen LogP contribution in [0.4, 0.5) is 5.69 Å². The standard InChI is InChI=1S/C46H49N7O10/c1-5-28-30-17-27(54)11-12-35(30)49-41-32(28)22-52-36(41)19-34-33(43(52)59)23-62-44(60)46(34,6-2)63-40(58)14-13-39(57)48-16-15-47-21-25-7-9-26(10-8-25)53-42(50-51-45(53)61)31-18-29(24(3)4)37(55)20-38(31)56/h7-12,17-20,24,41,47,49,54-56H,5-6,13-16,21-23H2,1-4H3,(H,48,57)(H,51,61). The lowest BCUT2D eigenvalue weighted by molar-refractivity contribution is -0.189. The molecule has 328 valence electrons. The van der Waals surface area contributed by atoms with Gasteiger partial charge in [-0.3, -0.25) is 14.4 Å². The first-order valence-electron chi connectivity index (χ1n) is 21.0. The van der Waals surface area contributed by atoms with Gasteiger partial charge in [0.2, 0.25) is 11.5 Å². The predicted molar refractivity (Wildman–Crippen MR) is 231 cm³/mol. The minimum absolute atomic E-state index is 0.00359. The molecule has 5 heterocycles. The Morgan fingerprint density at radius 1 is 0.968 bits per heavy atom. The van der Waals surface area contributed by atoms with Gasteiger partial charge < -0.3 is 45.3 Å². The van der Waals surface area contributed by atoms with Crippen LogP contribution in [0.3, 0.4) is 0 Å². The number of aromatic nitrogens is 4. The number of ether oxygens (including phenoxy) is 2. The number of carbonyl (C=O) groups excluding carboxylic acids is 3. The SMILES string of the molecule is CCC1=C2Cn3c(cc4c(c3=O)COC(=O)C4(CC)OC(=O)CCC(=O)NCCNCc3ccc(-n4c(-c5cc(C(C)C)c(O)cc5O)n[nH]c4=O)cc3)C2Nc2ccc(O)cc21. The Morgan fingerprint density at radius 3 is 2.48 bits per heavy atom. The van der Waals surface area contributed by atoms with E-state index in [0.717, 1.165) is 28.0 Å². The number of cyclic esters (lactones) is 1. The number of anilines is 1. The summed E-state index contributed by atoms with van der Waals surface area (Å²) in [5.41, 5.74) is 4.39. The third-order valence-electron chi connectivity index (χ3n) is 12.1. The Bertz CT molecular complexity index is 2800. The van der Waals surface area contributed by atoms with E-state index in [4.69, 9.17) is 9.47 Å². The number of nitrogens with zero attached hydrogens (tertiary/aromatic N) is 3.